The second-order valence-corrected chi connectivity index (χ2v) is 14.4. The Kier molecular flexibility index (Phi) is 7.39. The van der Waals surface area contributed by atoms with Crippen molar-refractivity contribution in [3.05, 3.63) is 77.0 Å². The highest BCUT2D eigenvalue weighted by atomic mass is 32.2. The van der Waals surface area contributed by atoms with Gasteiger partial charge < -0.3 is 5.11 Å². The highest BCUT2D eigenvalue weighted by Crippen LogP contribution is 2.53. The number of hydrogen-bond acceptors (Lipinski definition) is 6. The van der Waals surface area contributed by atoms with Crippen LogP contribution >= 0.6 is 11.3 Å². The zero-order valence-corrected chi connectivity index (χ0v) is 25.0. The first kappa shape index (κ1) is 29.7. The summed E-state index contributed by atoms with van der Waals surface area (Å²) in [5, 5.41) is 17.9. The zero-order chi connectivity index (χ0) is 30.7. The Morgan fingerprint density at radius 3 is 2.60 bits per heavy atom. The molecule has 0 bridgehead atoms. The van der Waals surface area contributed by atoms with E-state index < -0.39 is 21.9 Å². The molecule has 6 rings (SSSR count). The number of halogens is 4. The molecule has 228 valence electrons. The van der Waals surface area contributed by atoms with Gasteiger partial charge in [-0.25, -0.2) is 17.5 Å². The maximum atomic E-state index is 13.8. The Labute approximate surface area is 249 Å². The van der Waals surface area contributed by atoms with Gasteiger partial charge in [-0.05, 0) is 84.7 Å². The van der Waals surface area contributed by atoms with Gasteiger partial charge in [0.05, 0.1) is 34.8 Å². The van der Waals surface area contributed by atoms with Crippen LogP contribution < -0.4 is 0 Å². The standard InChI is InChI=1S/C29H29F4N5O3S2/c1-28-15-18-16-34-38(22-7-5-21(30)6-8-22)23(18)13-19(28)3-4-20(28)17-37(11-12-39)43(40,41)27-10-9-25(42-27)24-14-26(29(31,32)33)35-36(24)2/h5-10,13-14,16,20,39H,3-4,11-12,15,17H2,1-2H3/t20-,28+/m1/s1. The summed E-state index contributed by atoms with van der Waals surface area (Å²) in [5.41, 5.74) is 2.63. The van der Waals surface area contributed by atoms with E-state index in [1.165, 1.54) is 41.2 Å². The molecule has 1 aromatic carbocycles. The second kappa shape index (κ2) is 10.7. The third-order valence-corrected chi connectivity index (χ3v) is 12.0. The fourth-order valence-electron chi connectivity index (χ4n) is 6.24. The van der Waals surface area contributed by atoms with Gasteiger partial charge in [0, 0.05) is 20.1 Å². The molecule has 0 spiro atoms. The summed E-state index contributed by atoms with van der Waals surface area (Å²) in [4.78, 5) is 0.337. The predicted octanol–water partition coefficient (Wildman–Crippen LogP) is 5.53. The van der Waals surface area contributed by atoms with E-state index in [4.69, 9.17) is 0 Å². The van der Waals surface area contributed by atoms with Gasteiger partial charge in [-0.2, -0.15) is 27.7 Å². The van der Waals surface area contributed by atoms with E-state index >= 15 is 0 Å². The summed E-state index contributed by atoms with van der Waals surface area (Å²) < 4.78 is 84.8. The van der Waals surface area contributed by atoms with Crippen LogP contribution in [0.3, 0.4) is 0 Å². The number of benzene rings is 1. The minimum atomic E-state index is -4.62. The Bertz CT molecular complexity index is 1810. The minimum Gasteiger partial charge on any atom is -0.395 e. The highest BCUT2D eigenvalue weighted by Gasteiger charge is 2.47. The molecule has 2 aliphatic carbocycles. The molecule has 2 aliphatic rings. The van der Waals surface area contributed by atoms with Crippen molar-refractivity contribution in [3.8, 4) is 16.3 Å². The number of allylic oxidation sites excluding steroid dienone is 1. The number of fused-ring (bicyclic) bond motifs is 2. The van der Waals surface area contributed by atoms with Crippen molar-refractivity contribution in [1.82, 2.24) is 23.9 Å². The number of alkyl halides is 3. The summed E-state index contributed by atoms with van der Waals surface area (Å²) in [6.45, 7) is 1.81. The van der Waals surface area contributed by atoms with Gasteiger partial charge in [-0.15, -0.1) is 11.3 Å². The van der Waals surface area contributed by atoms with Gasteiger partial charge in [0.25, 0.3) is 10.0 Å². The number of thiophene rings is 1. The molecule has 14 heteroatoms. The van der Waals surface area contributed by atoms with Gasteiger partial charge in [0.1, 0.15) is 10.0 Å². The number of aliphatic hydroxyl groups excluding tert-OH is 1. The van der Waals surface area contributed by atoms with Crippen LogP contribution in [0.5, 0.6) is 0 Å². The lowest BCUT2D eigenvalue weighted by molar-refractivity contribution is -0.141. The molecule has 3 aromatic heterocycles. The summed E-state index contributed by atoms with van der Waals surface area (Å²) in [7, 11) is -2.68. The number of hydrogen-bond donors (Lipinski definition) is 1. The van der Waals surface area contributed by atoms with E-state index in [0.717, 1.165) is 51.9 Å². The number of aromatic nitrogens is 4. The molecule has 1 fully saturated rings. The normalized spacial score (nSPS) is 20.4. The summed E-state index contributed by atoms with van der Waals surface area (Å²) >= 11 is 0.872. The van der Waals surface area contributed by atoms with Crippen LogP contribution in [0.2, 0.25) is 0 Å². The molecule has 0 amide bonds. The Balaban J connectivity index is 1.25. The maximum Gasteiger partial charge on any atom is 0.435 e. The molecule has 0 unspecified atom stereocenters. The molecular formula is C29H29F4N5O3S2. The first-order valence-electron chi connectivity index (χ1n) is 13.7. The molecule has 1 N–H and O–H groups in total. The predicted molar refractivity (Wildman–Crippen MR) is 153 cm³/mol. The third kappa shape index (κ3) is 5.23. The number of nitrogens with zero attached hydrogens (tertiary/aromatic N) is 5. The summed E-state index contributed by atoms with van der Waals surface area (Å²) in [6, 6.07) is 9.88. The Morgan fingerprint density at radius 2 is 1.93 bits per heavy atom. The molecule has 0 radical (unpaired) electrons. The van der Waals surface area contributed by atoms with Crippen molar-refractivity contribution < 1.29 is 31.1 Å². The molecule has 4 aromatic rings. The molecule has 2 atom stereocenters. The van der Waals surface area contributed by atoms with Crippen molar-refractivity contribution >= 4 is 27.4 Å². The topological polar surface area (TPSA) is 93.2 Å². The van der Waals surface area contributed by atoms with Gasteiger partial charge in [0.2, 0.25) is 0 Å². The van der Waals surface area contributed by atoms with Crippen LogP contribution in [0.4, 0.5) is 17.6 Å². The van der Waals surface area contributed by atoms with E-state index in [1.54, 1.807) is 23.0 Å². The highest BCUT2D eigenvalue weighted by molar-refractivity contribution is 7.91. The van der Waals surface area contributed by atoms with E-state index in [0.29, 0.717) is 11.3 Å². The van der Waals surface area contributed by atoms with Crippen molar-refractivity contribution in [2.24, 2.45) is 18.4 Å². The second-order valence-electron chi connectivity index (χ2n) is 11.2. The molecule has 8 nitrogen and oxygen atoms in total. The lowest BCUT2D eigenvalue weighted by Gasteiger charge is -2.38. The summed E-state index contributed by atoms with van der Waals surface area (Å²) in [5.74, 6) is -0.378. The first-order chi connectivity index (χ1) is 20.3. The fourth-order valence-corrected chi connectivity index (χ4v) is 9.23. The molecule has 43 heavy (non-hydrogen) atoms. The fraction of sp³-hybridized carbons (Fsp3) is 0.379. The van der Waals surface area contributed by atoms with Crippen molar-refractivity contribution in [1.29, 1.82) is 0 Å². The van der Waals surface area contributed by atoms with Crippen LogP contribution in [0.25, 0.3) is 22.3 Å². The maximum absolute atomic E-state index is 13.8. The van der Waals surface area contributed by atoms with E-state index in [9.17, 15) is 31.1 Å². The average Bonchev–Trinajstić information content (AvgIpc) is 3.73. The van der Waals surface area contributed by atoms with Crippen molar-refractivity contribution in [2.75, 3.05) is 19.7 Å². The van der Waals surface area contributed by atoms with Crippen molar-refractivity contribution in [2.45, 2.75) is 36.6 Å². The number of aryl methyl sites for hydroxylation is 1. The third-order valence-electron chi connectivity index (χ3n) is 8.59. The molecule has 0 aliphatic heterocycles. The Hall–Kier alpha value is -3.33. The van der Waals surface area contributed by atoms with Gasteiger partial charge in [-0.1, -0.05) is 12.5 Å². The van der Waals surface area contributed by atoms with Gasteiger partial charge in [0.15, 0.2) is 5.69 Å². The van der Waals surface area contributed by atoms with E-state index in [-0.39, 0.29) is 46.7 Å². The lowest BCUT2D eigenvalue weighted by atomic mass is 9.70. The van der Waals surface area contributed by atoms with Crippen LogP contribution in [-0.2, 0) is 29.7 Å². The van der Waals surface area contributed by atoms with Crippen LogP contribution in [-0.4, -0.2) is 57.1 Å². The SMILES string of the molecule is Cn1nc(C(F)(F)F)cc1-c1ccc(S(=O)(=O)N(CCO)C[C@H]2CCC3=Cc4c(cnn4-c4ccc(F)cc4)C[C@@]32C)s1. The smallest absolute Gasteiger partial charge is 0.395 e. The molecule has 3 heterocycles. The van der Waals surface area contributed by atoms with E-state index in [2.05, 4.69) is 23.2 Å². The minimum absolute atomic E-state index is 0.0175. The summed E-state index contributed by atoms with van der Waals surface area (Å²) in [6.07, 6.45) is 1.45. The van der Waals surface area contributed by atoms with Gasteiger partial charge in [-0.3, -0.25) is 4.68 Å². The van der Waals surface area contributed by atoms with Gasteiger partial charge >= 0.3 is 6.18 Å². The number of aliphatic hydroxyl groups is 1. The zero-order valence-electron chi connectivity index (χ0n) is 23.3. The molecular weight excluding hydrogens is 606 g/mol. The van der Waals surface area contributed by atoms with Crippen LogP contribution in [0, 0.1) is 17.2 Å². The number of rotatable bonds is 8. The van der Waals surface area contributed by atoms with Crippen LogP contribution in [0.1, 0.15) is 36.7 Å². The lowest BCUT2D eigenvalue weighted by Crippen LogP contribution is -2.41. The largest absolute Gasteiger partial charge is 0.435 e. The Morgan fingerprint density at radius 1 is 1.19 bits per heavy atom. The molecule has 0 saturated heterocycles. The average molecular weight is 636 g/mol. The number of sulfonamides is 1. The van der Waals surface area contributed by atoms with E-state index in [1.807, 2.05) is 0 Å². The molecule has 1 saturated carbocycles. The monoisotopic (exact) mass is 635 g/mol. The van der Waals surface area contributed by atoms with Crippen LogP contribution in [0.15, 0.2) is 58.4 Å². The quantitative estimate of drug-likeness (QED) is 0.257. The van der Waals surface area contributed by atoms with Crippen molar-refractivity contribution in [3.63, 3.8) is 0 Å². The first-order valence-corrected chi connectivity index (χ1v) is 15.9.